The minimum Gasteiger partial charge on any atom is -0.440 e. The molecule has 7 aliphatic rings. The van der Waals surface area contributed by atoms with Gasteiger partial charge in [-0.15, -0.1) is 0 Å². The zero-order valence-electron chi connectivity index (χ0n) is 26.0. The molecular weight excluding hydrogens is 589 g/mol. The number of aliphatic hydroxyl groups is 1. The second-order valence-corrected chi connectivity index (χ2v) is 15.7. The monoisotopic (exact) mass is 629 g/mol. The Hall–Kier alpha value is -2.96. The van der Waals surface area contributed by atoms with Gasteiger partial charge in [0.15, 0.2) is 5.78 Å². The molecule has 7 heteroatoms. The Labute approximate surface area is 269 Å². The van der Waals surface area contributed by atoms with Gasteiger partial charge in [-0.3, -0.25) is 9.69 Å². The second-order valence-electron chi connectivity index (χ2n) is 15.3. The third kappa shape index (κ3) is 3.82. The van der Waals surface area contributed by atoms with E-state index in [1.807, 2.05) is 35.2 Å². The number of hydrogen-bond acceptors (Lipinski definition) is 4. The third-order valence-corrected chi connectivity index (χ3v) is 13.9. The molecule has 5 nitrogen and oxygen atoms in total. The maximum absolute atomic E-state index is 15.0. The standard InChI is InChI=1S/C38H41ClFNO4/c1-34-14-11-25(42)20-36(34)17-18-38(27(21-36)30(43)19-26-28(39)9-6-10-29(26)40)31(34)12-15-35(2)32(38)13-16-37(35)23-41(33(44)45-37)22-24-7-4-3-5-8-24/h3-10,17-18,21,25,31-32,42H,11-16,19-20,22-23H2,1-2H3/t25-,31+,32+,34+,35-,36-,37+,38-/m0/s1. The molecule has 2 bridgehead atoms. The van der Waals surface area contributed by atoms with Crippen molar-refractivity contribution in [3.63, 3.8) is 0 Å². The van der Waals surface area contributed by atoms with Crippen LogP contribution in [-0.4, -0.2) is 40.1 Å². The van der Waals surface area contributed by atoms with Crippen LogP contribution in [0, 0.1) is 39.3 Å². The number of ketones is 1. The molecule has 0 radical (unpaired) electrons. The van der Waals surface area contributed by atoms with Crippen molar-refractivity contribution >= 4 is 23.5 Å². The van der Waals surface area contributed by atoms with Gasteiger partial charge in [-0.05, 0) is 79.9 Å². The quantitative estimate of drug-likeness (QED) is 0.342. The first kappa shape index (κ1) is 29.4. The molecule has 2 aromatic carbocycles. The van der Waals surface area contributed by atoms with Crippen LogP contribution < -0.4 is 0 Å². The molecule has 236 valence electrons. The van der Waals surface area contributed by atoms with E-state index in [0.29, 0.717) is 19.5 Å². The summed E-state index contributed by atoms with van der Waals surface area (Å²) in [5.41, 5.74) is -0.0669. The average Bonchev–Trinajstić information content (AvgIpc) is 3.49. The van der Waals surface area contributed by atoms with Gasteiger partial charge in [0.2, 0.25) is 0 Å². The van der Waals surface area contributed by atoms with E-state index in [9.17, 15) is 14.7 Å². The molecule has 2 aromatic rings. The predicted octanol–water partition coefficient (Wildman–Crippen LogP) is 7.84. The highest BCUT2D eigenvalue weighted by atomic mass is 35.5. The lowest BCUT2D eigenvalue weighted by atomic mass is 9.32. The van der Waals surface area contributed by atoms with E-state index >= 15 is 4.39 Å². The molecule has 1 heterocycles. The highest BCUT2D eigenvalue weighted by molar-refractivity contribution is 6.31. The number of ether oxygens (including phenoxy) is 1. The summed E-state index contributed by atoms with van der Waals surface area (Å²) in [5.74, 6) is -0.314. The van der Waals surface area contributed by atoms with Gasteiger partial charge in [0, 0.05) is 45.4 Å². The summed E-state index contributed by atoms with van der Waals surface area (Å²) in [5, 5.41) is 11.2. The summed E-state index contributed by atoms with van der Waals surface area (Å²) in [4.78, 5) is 29.9. The van der Waals surface area contributed by atoms with Crippen LogP contribution in [0.5, 0.6) is 0 Å². The summed E-state index contributed by atoms with van der Waals surface area (Å²) in [6.07, 6.45) is 11.6. The maximum atomic E-state index is 15.0. The third-order valence-electron chi connectivity index (χ3n) is 13.6. The number of aliphatic hydroxyl groups excluding tert-OH is 1. The van der Waals surface area contributed by atoms with Crippen LogP contribution in [0.1, 0.15) is 69.9 Å². The fraction of sp³-hybridized carbons (Fsp3) is 0.526. The van der Waals surface area contributed by atoms with Gasteiger partial charge in [-0.1, -0.05) is 80.1 Å². The van der Waals surface area contributed by atoms with Gasteiger partial charge in [-0.2, -0.15) is 0 Å². The Kier molecular flexibility index (Phi) is 6.40. The molecule has 0 unspecified atom stereocenters. The number of carbonyl (C=O) groups excluding carboxylic acids is 2. The Morgan fingerprint density at radius 3 is 2.51 bits per heavy atom. The number of fused-ring (bicyclic) bond motifs is 2. The van der Waals surface area contributed by atoms with E-state index in [1.54, 1.807) is 12.1 Å². The highest BCUT2D eigenvalue weighted by Crippen LogP contribution is 2.79. The number of carbonyl (C=O) groups is 2. The van der Waals surface area contributed by atoms with Crippen molar-refractivity contribution in [2.24, 2.45) is 33.5 Å². The van der Waals surface area contributed by atoms with Crippen LogP contribution in [0.3, 0.4) is 0 Å². The van der Waals surface area contributed by atoms with Crippen LogP contribution in [0.25, 0.3) is 0 Å². The molecule has 1 aliphatic heterocycles. The molecule has 1 N–H and O–H groups in total. The number of allylic oxidation sites excluding steroid dienone is 4. The van der Waals surface area contributed by atoms with Crippen molar-refractivity contribution in [1.29, 1.82) is 0 Å². The van der Waals surface area contributed by atoms with Crippen LogP contribution in [-0.2, 0) is 22.5 Å². The van der Waals surface area contributed by atoms with Crippen LogP contribution in [0.15, 0.2) is 72.3 Å². The Morgan fingerprint density at radius 1 is 1.00 bits per heavy atom. The molecule has 3 saturated carbocycles. The van der Waals surface area contributed by atoms with Crippen molar-refractivity contribution in [2.75, 3.05) is 6.54 Å². The molecule has 1 saturated heterocycles. The zero-order valence-corrected chi connectivity index (χ0v) is 26.8. The number of amides is 1. The predicted molar refractivity (Wildman–Crippen MR) is 170 cm³/mol. The summed E-state index contributed by atoms with van der Waals surface area (Å²) in [6, 6.07) is 14.6. The minimum absolute atomic E-state index is 0.0674. The molecule has 6 aliphatic carbocycles. The van der Waals surface area contributed by atoms with E-state index in [2.05, 4.69) is 32.1 Å². The zero-order chi connectivity index (χ0) is 31.4. The Bertz CT molecular complexity index is 1640. The number of Topliss-reactive ketones (excluding diaryl/α,β-unsaturated/α-hetero) is 1. The minimum atomic E-state index is -0.643. The van der Waals surface area contributed by atoms with E-state index in [0.717, 1.165) is 49.7 Å². The fourth-order valence-electron chi connectivity index (χ4n) is 11.3. The van der Waals surface area contributed by atoms with Gasteiger partial charge >= 0.3 is 6.09 Å². The summed E-state index contributed by atoms with van der Waals surface area (Å²) < 4.78 is 21.5. The number of nitrogens with zero attached hydrogens (tertiary/aromatic N) is 1. The molecule has 8 atom stereocenters. The number of benzene rings is 2. The van der Waals surface area contributed by atoms with E-state index < -0.39 is 28.4 Å². The van der Waals surface area contributed by atoms with Gasteiger partial charge in [-0.25, -0.2) is 9.18 Å². The first-order valence-corrected chi connectivity index (χ1v) is 16.9. The topological polar surface area (TPSA) is 66.8 Å². The molecule has 9 rings (SSSR count). The molecule has 1 amide bonds. The molecule has 4 fully saturated rings. The number of rotatable bonds is 5. The van der Waals surface area contributed by atoms with Crippen LogP contribution in [0.2, 0.25) is 5.02 Å². The molecule has 3 spiro atoms. The largest absolute Gasteiger partial charge is 0.440 e. The van der Waals surface area contributed by atoms with Crippen molar-refractivity contribution in [3.8, 4) is 0 Å². The lowest BCUT2D eigenvalue weighted by molar-refractivity contribution is -0.168. The molecular formula is C38H41ClFNO4. The van der Waals surface area contributed by atoms with E-state index in [4.69, 9.17) is 16.3 Å². The Balaban J connectivity index is 1.22. The fourth-order valence-corrected chi connectivity index (χ4v) is 11.6. The summed E-state index contributed by atoms with van der Waals surface area (Å²) >= 11 is 6.44. The van der Waals surface area contributed by atoms with E-state index in [-0.39, 0.29) is 51.5 Å². The average molecular weight is 630 g/mol. The lowest BCUT2D eigenvalue weighted by Crippen LogP contribution is -2.67. The summed E-state index contributed by atoms with van der Waals surface area (Å²) in [6.45, 7) is 5.70. The number of halogens is 2. The van der Waals surface area contributed by atoms with Crippen molar-refractivity contribution in [1.82, 2.24) is 4.90 Å². The van der Waals surface area contributed by atoms with Gasteiger partial charge in [0.25, 0.3) is 0 Å². The summed E-state index contributed by atoms with van der Waals surface area (Å²) in [7, 11) is 0. The van der Waals surface area contributed by atoms with Crippen molar-refractivity contribution in [2.45, 2.75) is 83.5 Å². The molecule has 0 aromatic heterocycles. The van der Waals surface area contributed by atoms with E-state index in [1.165, 1.54) is 6.07 Å². The number of hydrogen-bond donors (Lipinski definition) is 1. The van der Waals surface area contributed by atoms with Crippen LogP contribution >= 0.6 is 11.6 Å². The SMILES string of the molecule is C[C@]12CC[C@H]3[C@@]4(C=C[C@@]5(C=C4C(=O)Cc4c(F)cccc4Cl)C[C@@H](O)CC[C@]35C)[C@@H]1CC[C@@]21CN(Cc2ccccc2)C(=O)O1. The van der Waals surface area contributed by atoms with Crippen molar-refractivity contribution < 1.29 is 23.8 Å². The van der Waals surface area contributed by atoms with Gasteiger partial charge in [0.05, 0.1) is 12.6 Å². The van der Waals surface area contributed by atoms with Gasteiger partial charge in [0.1, 0.15) is 11.4 Å². The normalized spacial score (nSPS) is 41.0. The second kappa shape index (κ2) is 9.78. The highest BCUT2D eigenvalue weighted by Gasteiger charge is 2.76. The first-order valence-electron chi connectivity index (χ1n) is 16.6. The molecule has 45 heavy (non-hydrogen) atoms. The van der Waals surface area contributed by atoms with Gasteiger partial charge < -0.3 is 9.84 Å². The smallest absolute Gasteiger partial charge is 0.410 e. The maximum Gasteiger partial charge on any atom is 0.410 e. The lowest BCUT2D eigenvalue weighted by Gasteiger charge is -2.71. The van der Waals surface area contributed by atoms with Crippen LogP contribution in [0.4, 0.5) is 9.18 Å². The first-order chi connectivity index (χ1) is 21.5. The van der Waals surface area contributed by atoms with Crippen molar-refractivity contribution in [3.05, 3.63) is 94.3 Å². The Morgan fingerprint density at radius 2 is 1.73 bits per heavy atom.